The van der Waals surface area contributed by atoms with Crippen LogP contribution >= 0.6 is 0 Å². The molecular weight excluding hydrogens is 268 g/mol. The zero-order chi connectivity index (χ0) is 15.7. The molecule has 0 aliphatic rings. The zero-order valence-electron chi connectivity index (χ0n) is 12.8. The summed E-state index contributed by atoms with van der Waals surface area (Å²) in [6.45, 7) is 0.905. The first-order valence-corrected chi connectivity index (χ1v) is 7.21. The number of likely N-dealkylation sites (N-methyl/N-ethyl adjacent to an activating group) is 2. The number of hydrogen-bond acceptors (Lipinski definition) is 3. The van der Waals surface area contributed by atoms with Gasteiger partial charge >= 0.3 is 0 Å². The summed E-state index contributed by atoms with van der Waals surface area (Å²) in [4.78, 5) is 27.2. The van der Waals surface area contributed by atoms with Gasteiger partial charge in [-0.1, -0.05) is 18.2 Å². The maximum absolute atomic E-state index is 12.1. The molecule has 0 fully saturated rings. The third kappa shape index (κ3) is 5.95. The Balaban J connectivity index is 2.41. The molecule has 116 valence electrons. The van der Waals surface area contributed by atoms with E-state index in [-0.39, 0.29) is 25.0 Å². The lowest BCUT2D eigenvalue weighted by Gasteiger charge is -2.22. The number of hydrogen-bond donors (Lipinski definition) is 1. The number of rotatable bonds is 8. The number of aliphatic hydroxyl groups excluding tert-OH is 1. The van der Waals surface area contributed by atoms with Gasteiger partial charge < -0.3 is 14.9 Å². The van der Waals surface area contributed by atoms with E-state index in [2.05, 4.69) is 0 Å². The highest BCUT2D eigenvalue weighted by atomic mass is 16.3. The Kier molecular flexibility index (Phi) is 7.46. The number of unbranched alkanes of at least 4 members (excludes halogenated alkanes) is 2. The minimum absolute atomic E-state index is 0.0736. The number of benzene rings is 1. The van der Waals surface area contributed by atoms with Crippen molar-refractivity contribution in [2.24, 2.45) is 0 Å². The third-order valence-electron chi connectivity index (χ3n) is 3.32. The summed E-state index contributed by atoms with van der Waals surface area (Å²) in [6.07, 6.45) is 2.51. The van der Waals surface area contributed by atoms with Gasteiger partial charge in [0.1, 0.15) is 0 Å². The molecule has 2 amide bonds. The van der Waals surface area contributed by atoms with E-state index in [9.17, 15) is 9.59 Å². The van der Waals surface area contributed by atoms with Gasteiger partial charge in [-0.25, -0.2) is 0 Å². The number of nitrogens with zero attached hydrogens (tertiary/aromatic N) is 2. The van der Waals surface area contributed by atoms with Crippen molar-refractivity contribution in [2.45, 2.75) is 19.3 Å². The van der Waals surface area contributed by atoms with Gasteiger partial charge in [0.05, 0.1) is 6.54 Å². The lowest BCUT2D eigenvalue weighted by atomic mass is 10.2. The van der Waals surface area contributed by atoms with Crippen LogP contribution in [-0.4, -0.2) is 60.5 Å². The molecule has 5 nitrogen and oxygen atoms in total. The highest BCUT2D eigenvalue weighted by Crippen LogP contribution is 2.04. The lowest BCUT2D eigenvalue weighted by molar-refractivity contribution is -0.130. The van der Waals surface area contributed by atoms with Crippen LogP contribution < -0.4 is 0 Å². The van der Waals surface area contributed by atoms with Gasteiger partial charge in [-0.15, -0.1) is 0 Å². The minimum Gasteiger partial charge on any atom is -0.396 e. The molecule has 0 aliphatic heterocycles. The molecule has 0 unspecified atom stereocenters. The Labute approximate surface area is 126 Å². The zero-order valence-corrected chi connectivity index (χ0v) is 12.8. The Morgan fingerprint density at radius 1 is 1.00 bits per heavy atom. The highest BCUT2D eigenvalue weighted by Gasteiger charge is 2.16. The van der Waals surface area contributed by atoms with Crippen LogP contribution in [0.15, 0.2) is 30.3 Å². The molecule has 0 saturated carbocycles. The molecule has 0 heterocycles. The van der Waals surface area contributed by atoms with E-state index in [1.54, 1.807) is 43.3 Å². The van der Waals surface area contributed by atoms with Crippen LogP contribution in [0.25, 0.3) is 0 Å². The first-order valence-electron chi connectivity index (χ1n) is 7.21. The molecule has 0 aliphatic carbocycles. The van der Waals surface area contributed by atoms with Crippen molar-refractivity contribution in [1.29, 1.82) is 0 Å². The smallest absolute Gasteiger partial charge is 0.254 e. The van der Waals surface area contributed by atoms with Gasteiger partial charge in [0, 0.05) is 32.8 Å². The molecule has 0 aromatic heterocycles. The maximum atomic E-state index is 12.1. The van der Waals surface area contributed by atoms with Crippen molar-refractivity contribution in [2.75, 3.05) is 33.8 Å². The summed E-state index contributed by atoms with van der Waals surface area (Å²) < 4.78 is 0. The number of amides is 2. The van der Waals surface area contributed by atoms with Crippen molar-refractivity contribution in [3.8, 4) is 0 Å². The van der Waals surface area contributed by atoms with Crippen molar-refractivity contribution >= 4 is 11.8 Å². The van der Waals surface area contributed by atoms with E-state index < -0.39 is 0 Å². The Morgan fingerprint density at radius 3 is 2.29 bits per heavy atom. The van der Waals surface area contributed by atoms with Crippen molar-refractivity contribution in [3.63, 3.8) is 0 Å². The molecule has 0 saturated heterocycles. The van der Waals surface area contributed by atoms with Crippen LogP contribution in [0, 0.1) is 0 Å². The van der Waals surface area contributed by atoms with Crippen LogP contribution in [0.2, 0.25) is 0 Å². The van der Waals surface area contributed by atoms with Crippen molar-refractivity contribution in [1.82, 2.24) is 9.80 Å². The molecule has 0 atom stereocenters. The molecule has 1 rings (SSSR count). The minimum atomic E-state index is -0.155. The third-order valence-corrected chi connectivity index (χ3v) is 3.32. The van der Waals surface area contributed by atoms with Gasteiger partial charge in [-0.2, -0.15) is 0 Å². The predicted molar refractivity (Wildman–Crippen MR) is 82.0 cm³/mol. The van der Waals surface area contributed by atoms with Crippen molar-refractivity contribution in [3.05, 3.63) is 35.9 Å². The van der Waals surface area contributed by atoms with Gasteiger partial charge in [0.25, 0.3) is 5.91 Å². The molecule has 1 aromatic carbocycles. The summed E-state index contributed by atoms with van der Waals surface area (Å²) in [5.41, 5.74) is 0.582. The topological polar surface area (TPSA) is 60.9 Å². The van der Waals surface area contributed by atoms with Gasteiger partial charge in [-0.05, 0) is 31.4 Å². The number of carbonyl (C=O) groups excluding carboxylic acids is 2. The number of carbonyl (C=O) groups is 2. The summed E-state index contributed by atoms with van der Waals surface area (Å²) in [7, 11) is 3.37. The molecule has 5 heteroatoms. The van der Waals surface area contributed by atoms with Crippen LogP contribution in [-0.2, 0) is 4.79 Å². The van der Waals surface area contributed by atoms with Crippen LogP contribution in [0.4, 0.5) is 0 Å². The second kappa shape index (κ2) is 9.13. The fourth-order valence-electron chi connectivity index (χ4n) is 1.96. The van der Waals surface area contributed by atoms with Gasteiger partial charge in [0.15, 0.2) is 0 Å². The van der Waals surface area contributed by atoms with Crippen LogP contribution in [0.1, 0.15) is 29.6 Å². The Bertz CT molecular complexity index is 448. The summed E-state index contributed by atoms with van der Waals surface area (Å²) in [5.74, 6) is -0.233. The van der Waals surface area contributed by atoms with E-state index >= 15 is 0 Å². The molecular formula is C16H24N2O3. The summed E-state index contributed by atoms with van der Waals surface area (Å²) in [5, 5.41) is 8.70. The Morgan fingerprint density at radius 2 is 1.67 bits per heavy atom. The molecule has 0 bridgehead atoms. The van der Waals surface area contributed by atoms with E-state index in [0.717, 1.165) is 19.3 Å². The summed E-state index contributed by atoms with van der Waals surface area (Å²) in [6, 6.07) is 8.93. The largest absolute Gasteiger partial charge is 0.396 e. The first kappa shape index (κ1) is 17.2. The predicted octanol–water partition coefficient (Wildman–Crippen LogP) is 1.38. The normalized spacial score (nSPS) is 10.2. The van der Waals surface area contributed by atoms with Crippen molar-refractivity contribution < 1.29 is 14.7 Å². The van der Waals surface area contributed by atoms with E-state index in [0.29, 0.717) is 12.1 Å². The van der Waals surface area contributed by atoms with Gasteiger partial charge in [-0.3, -0.25) is 9.59 Å². The van der Waals surface area contributed by atoms with E-state index in [1.165, 1.54) is 4.90 Å². The maximum Gasteiger partial charge on any atom is 0.254 e. The van der Waals surface area contributed by atoms with E-state index in [4.69, 9.17) is 5.11 Å². The Hall–Kier alpha value is -1.88. The standard InChI is InChI=1S/C16H24N2O3/c1-17(11-7-4-8-12-19)15(20)13-18(2)16(21)14-9-5-3-6-10-14/h3,5-6,9-10,19H,4,7-8,11-13H2,1-2H3. The first-order chi connectivity index (χ1) is 10.1. The molecule has 1 aromatic rings. The molecule has 0 radical (unpaired) electrons. The highest BCUT2D eigenvalue weighted by molar-refractivity contribution is 5.96. The molecule has 0 spiro atoms. The molecule has 1 N–H and O–H groups in total. The summed E-state index contributed by atoms with van der Waals surface area (Å²) >= 11 is 0. The second-order valence-corrected chi connectivity index (χ2v) is 5.13. The SMILES string of the molecule is CN(CCCCCO)C(=O)CN(C)C(=O)c1ccccc1. The lowest BCUT2D eigenvalue weighted by Crippen LogP contribution is -2.39. The van der Waals surface area contributed by atoms with E-state index in [1.807, 2.05) is 6.07 Å². The monoisotopic (exact) mass is 292 g/mol. The average molecular weight is 292 g/mol. The average Bonchev–Trinajstić information content (AvgIpc) is 2.51. The molecule has 21 heavy (non-hydrogen) atoms. The van der Waals surface area contributed by atoms with Crippen LogP contribution in [0.5, 0.6) is 0 Å². The van der Waals surface area contributed by atoms with Gasteiger partial charge in [0.2, 0.25) is 5.91 Å². The second-order valence-electron chi connectivity index (χ2n) is 5.13. The quantitative estimate of drug-likeness (QED) is 0.736. The fraction of sp³-hybridized carbons (Fsp3) is 0.500. The number of aliphatic hydroxyl groups is 1. The van der Waals surface area contributed by atoms with Crippen LogP contribution in [0.3, 0.4) is 0 Å². The fourth-order valence-corrected chi connectivity index (χ4v) is 1.96.